The number of rotatable bonds is 1. The fourth-order valence-corrected chi connectivity index (χ4v) is 4.00. The van der Waals surface area contributed by atoms with Gasteiger partial charge in [0.25, 0.3) is 0 Å². The van der Waals surface area contributed by atoms with Gasteiger partial charge < -0.3 is 0 Å². The summed E-state index contributed by atoms with van der Waals surface area (Å²) in [4.78, 5) is 0. The van der Waals surface area contributed by atoms with Crippen molar-refractivity contribution in [3.8, 4) is 0 Å². The summed E-state index contributed by atoms with van der Waals surface area (Å²) in [6, 6.07) is 0. The highest BCUT2D eigenvalue weighted by Crippen LogP contribution is 2.36. The van der Waals surface area contributed by atoms with Crippen molar-refractivity contribution in [1.82, 2.24) is 0 Å². The smallest absolute Gasteiger partial charge is 0.164 e. The lowest BCUT2D eigenvalue weighted by atomic mass is 9.97. The third kappa shape index (κ3) is 1.74. The Morgan fingerprint density at radius 3 is 2.21 bits per heavy atom. The quantitative estimate of drug-likeness (QED) is 0.632. The molecule has 0 aliphatic heterocycles. The van der Waals surface area contributed by atoms with Crippen molar-refractivity contribution in [2.24, 2.45) is 0 Å². The lowest BCUT2D eigenvalue weighted by molar-refractivity contribution is 0.503. The molecule has 0 radical (unpaired) electrons. The Kier molecular flexibility index (Phi) is 2.83. The van der Waals surface area contributed by atoms with E-state index in [-0.39, 0.29) is 0 Å². The molecule has 0 unspecified atom stereocenters. The van der Waals surface area contributed by atoms with Crippen LogP contribution in [-0.4, -0.2) is 17.9 Å². The summed E-state index contributed by atoms with van der Waals surface area (Å²) < 4.78 is 23.2. The maximum absolute atomic E-state index is 12.3. The number of hydrogen-bond acceptors (Lipinski definition) is 2. The highest BCUT2D eigenvalue weighted by molar-refractivity contribution is 7.94. The second-order valence-corrected chi connectivity index (χ2v) is 8.39. The van der Waals surface area contributed by atoms with Gasteiger partial charge in [-0.15, -0.1) is 0 Å². The minimum atomic E-state index is -3.09. The minimum Gasteiger partial charge on any atom is -0.227 e. The Hall–Kier alpha value is -0.310. The Labute approximate surface area is 87.3 Å². The topological polar surface area (TPSA) is 34.1 Å². The lowest BCUT2D eigenvalue weighted by Gasteiger charge is -2.35. The van der Waals surface area contributed by atoms with Crippen LogP contribution in [0.4, 0.5) is 0 Å². The van der Waals surface area contributed by atoms with Crippen molar-refractivity contribution in [2.75, 3.05) is 0 Å². The zero-order chi connectivity index (χ0) is 11.0. The van der Waals surface area contributed by atoms with Crippen LogP contribution in [-0.2, 0) is 9.84 Å². The molecule has 82 valence electrons. The van der Waals surface area contributed by atoms with Crippen LogP contribution >= 0.6 is 0 Å². The number of allylic oxidation sites excluding steroid dienone is 1. The van der Waals surface area contributed by atoms with Crippen LogP contribution in [0.2, 0.25) is 0 Å². The molecule has 0 spiro atoms. The molecule has 3 heteroatoms. The first-order chi connectivity index (χ1) is 6.21. The average Bonchev–Trinajstić information content (AvgIpc) is 2.03. The van der Waals surface area contributed by atoms with Crippen molar-refractivity contribution in [3.63, 3.8) is 0 Å². The first kappa shape index (κ1) is 11.8. The zero-order valence-electron chi connectivity index (χ0n) is 9.50. The standard InChI is InChI=1S/C11H20O2S/c1-10(2,3)14(12,13)11(4)8-6-5-7-9-11/h6,8H,5,7,9H2,1-4H3/t11-/m0/s1. The summed E-state index contributed by atoms with van der Waals surface area (Å²) in [6.45, 7) is 7.16. The SMILES string of the molecule is CC(C)(C)S(=O)(=O)[C@@]1(C)C=CCCC1. The molecule has 0 saturated heterocycles. The summed E-state index contributed by atoms with van der Waals surface area (Å²) in [5, 5.41) is 0. The van der Waals surface area contributed by atoms with E-state index in [4.69, 9.17) is 0 Å². The maximum Gasteiger partial charge on any atom is 0.164 e. The van der Waals surface area contributed by atoms with E-state index in [1.165, 1.54) is 0 Å². The van der Waals surface area contributed by atoms with E-state index < -0.39 is 19.3 Å². The molecule has 1 rings (SSSR count). The van der Waals surface area contributed by atoms with Gasteiger partial charge in [-0.05, 0) is 47.0 Å². The first-order valence-corrected chi connectivity index (χ1v) is 6.61. The molecular weight excluding hydrogens is 196 g/mol. The van der Waals surface area contributed by atoms with Crippen LogP contribution in [0.1, 0.15) is 47.0 Å². The van der Waals surface area contributed by atoms with Crippen LogP contribution in [0, 0.1) is 0 Å². The van der Waals surface area contributed by atoms with Gasteiger partial charge in [-0.3, -0.25) is 0 Å². The number of sulfone groups is 1. The molecule has 0 bridgehead atoms. The zero-order valence-corrected chi connectivity index (χ0v) is 10.3. The Morgan fingerprint density at radius 2 is 1.86 bits per heavy atom. The van der Waals surface area contributed by atoms with Crippen molar-refractivity contribution in [3.05, 3.63) is 12.2 Å². The molecule has 0 amide bonds. The maximum atomic E-state index is 12.3. The van der Waals surface area contributed by atoms with Gasteiger partial charge in [0.05, 0.1) is 9.49 Å². The van der Waals surface area contributed by atoms with Crippen molar-refractivity contribution in [2.45, 2.75) is 56.5 Å². The molecule has 0 aromatic heterocycles. The molecule has 0 heterocycles. The monoisotopic (exact) mass is 216 g/mol. The number of hydrogen-bond donors (Lipinski definition) is 0. The van der Waals surface area contributed by atoms with Crippen LogP contribution in [0.15, 0.2) is 12.2 Å². The van der Waals surface area contributed by atoms with Gasteiger partial charge in [-0.25, -0.2) is 8.42 Å². The van der Waals surface area contributed by atoms with E-state index >= 15 is 0 Å². The van der Waals surface area contributed by atoms with Gasteiger partial charge in [0, 0.05) is 0 Å². The molecule has 0 aromatic rings. The Morgan fingerprint density at radius 1 is 1.29 bits per heavy atom. The second-order valence-electron chi connectivity index (χ2n) is 5.22. The van der Waals surface area contributed by atoms with Gasteiger partial charge in [0.1, 0.15) is 0 Å². The van der Waals surface area contributed by atoms with E-state index in [1.807, 2.05) is 19.1 Å². The predicted molar refractivity (Wildman–Crippen MR) is 60.1 cm³/mol. The van der Waals surface area contributed by atoms with Crippen molar-refractivity contribution >= 4 is 9.84 Å². The van der Waals surface area contributed by atoms with Gasteiger partial charge in [0.15, 0.2) is 9.84 Å². The minimum absolute atomic E-state index is 0.649. The molecule has 2 nitrogen and oxygen atoms in total. The van der Waals surface area contributed by atoms with Crippen LogP contribution in [0.25, 0.3) is 0 Å². The summed E-state index contributed by atoms with van der Waals surface area (Å²) in [6.07, 6.45) is 6.60. The summed E-state index contributed by atoms with van der Waals surface area (Å²) >= 11 is 0. The second kappa shape index (κ2) is 3.37. The van der Waals surface area contributed by atoms with Gasteiger partial charge in [-0.2, -0.15) is 0 Å². The van der Waals surface area contributed by atoms with E-state index in [2.05, 4.69) is 0 Å². The summed E-state index contributed by atoms with van der Waals surface area (Å²) in [5.41, 5.74) is 0. The normalized spacial score (nSPS) is 29.1. The van der Waals surface area contributed by atoms with Crippen LogP contribution < -0.4 is 0 Å². The van der Waals surface area contributed by atoms with E-state index in [0.717, 1.165) is 19.3 Å². The largest absolute Gasteiger partial charge is 0.227 e. The highest BCUT2D eigenvalue weighted by atomic mass is 32.2. The van der Waals surface area contributed by atoms with Crippen molar-refractivity contribution in [1.29, 1.82) is 0 Å². The molecule has 0 fully saturated rings. The van der Waals surface area contributed by atoms with Crippen LogP contribution in [0.5, 0.6) is 0 Å². The molecule has 0 N–H and O–H groups in total. The third-order valence-electron chi connectivity index (χ3n) is 2.93. The van der Waals surface area contributed by atoms with Gasteiger partial charge in [-0.1, -0.05) is 12.2 Å². The highest BCUT2D eigenvalue weighted by Gasteiger charge is 2.44. The fourth-order valence-electron chi connectivity index (χ4n) is 1.91. The van der Waals surface area contributed by atoms with Crippen LogP contribution in [0.3, 0.4) is 0 Å². The third-order valence-corrected chi connectivity index (χ3v) is 6.11. The van der Waals surface area contributed by atoms with Gasteiger partial charge >= 0.3 is 0 Å². The molecule has 1 atom stereocenters. The van der Waals surface area contributed by atoms with E-state index in [9.17, 15) is 8.42 Å². The molecule has 0 aromatic carbocycles. The molecule has 0 saturated carbocycles. The first-order valence-electron chi connectivity index (χ1n) is 5.13. The molecule has 1 aliphatic rings. The Balaban J connectivity index is 3.15. The Bertz CT molecular complexity index is 333. The predicted octanol–water partition coefficient (Wildman–Crippen LogP) is 2.70. The molecule has 1 aliphatic carbocycles. The van der Waals surface area contributed by atoms with Crippen molar-refractivity contribution < 1.29 is 8.42 Å². The summed E-state index contributed by atoms with van der Waals surface area (Å²) in [5.74, 6) is 0. The fraction of sp³-hybridized carbons (Fsp3) is 0.818. The van der Waals surface area contributed by atoms with Gasteiger partial charge in [0.2, 0.25) is 0 Å². The van der Waals surface area contributed by atoms with E-state index in [1.54, 1.807) is 20.8 Å². The van der Waals surface area contributed by atoms with E-state index in [0.29, 0.717) is 0 Å². The lowest BCUT2D eigenvalue weighted by Crippen LogP contribution is -2.45. The molecular formula is C11H20O2S. The summed E-state index contributed by atoms with van der Waals surface area (Å²) in [7, 11) is -3.09. The molecule has 14 heavy (non-hydrogen) atoms. The average molecular weight is 216 g/mol.